The van der Waals surface area contributed by atoms with Gasteiger partial charge in [0.25, 0.3) is 0 Å². The predicted molar refractivity (Wildman–Crippen MR) is 96.6 cm³/mol. The highest BCUT2D eigenvalue weighted by molar-refractivity contribution is 6.30. The van der Waals surface area contributed by atoms with Crippen molar-refractivity contribution in [2.45, 2.75) is 31.2 Å². The predicted octanol–water partition coefficient (Wildman–Crippen LogP) is 0.793. The normalized spacial score (nSPS) is 22.0. The minimum atomic E-state index is -0.616. The Kier molecular flexibility index (Phi) is 8.06. The topological polar surface area (TPSA) is 96.9 Å². The molecule has 3 atom stereocenters. The summed E-state index contributed by atoms with van der Waals surface area (Å²) in [4.78, 5) is 23.7. The molecule has 0 aromatic heterocycles. The van der Waals surface area contributed by atoms with Crippen LogP contribution in [-0.2, 0) is 25.6 Å². The summed E-state index contributed by atoms with van der Waals surface area (Å²) >= 11 is 5.83. The number of methoxy groups -OCH3 is 1. The summed E-state index contributed by atoms with van der Waals surface area (Å²) in [7, 11) is 1.43. The van der Waals surface area contributed by atoms with Crippen LogP contribution < -0.4 is 10.6 Å². The van der Waals surface area contributed by atoms with Gasteiger partial charge in [0, 0.05) is 18.7 Å². The highest BCUT2D eigenvalue weighted by atomic mass is 35.5. The third-order valence-electron chi connectivity index (χ3n) is 3.86. The van der Waals surface area contributed by atoms with Crippen molar-refractivity contribution in [3.63, 3.8) is 0 Å². The van der Waals surface area contributed by atoms with Crippen molar-refractivity contribution in [1.82, 2.24) is 10.6 Å². The molecule has 0 aliphatic carbocycles. The van der Waals surface area contributed by atoms with Gasteiger partial charge in [-0.1, -0.05) is 35.9 Å². The first-order valence-corrected chi connectivity index (χ1v) is 8.63. The summed E-state index contributed by atoms with van der Waals surface area (Å²) in [5.74, 6) is -0.475. The average Bonchev–Trinajstić information content (AvgIpc) is 2.62. The van der Waals surface area contributed by atoms with Gasteiger partial charge in [0.2, 0.25) is 11.8 Å². The molecule has 26 heavy (non-hydrogen) atoms. The molecule has 1 heterocycles. The van der Waals surface area contributed by atoms with E-state index in [0.29, 0.717) is 11.6 Å². The number of carbonyl (C=O) groups is 2. The number of hydrogen-bond acceptors (Lipinski definition) is 5. The van der Waals surface area contributed by atoms with Gasteiger partial charge in [0.1, 0.15) is 12.7 Å². The van der Waals surface area contributed by atoms with Crippen LogP contribution in [0.25, 0.3) is 0 Å². The smallest absolute Gasteiger partial charge is 0.246 e. The standard InChI is InChI=1S/C18H23ClN2O5/c1-25-11-18(24)21-15-7-6-14(26-16(15)10-22)8-17(23)20-9-12-2-4-13(19)5-3-12/h2-7,14-16,22H,8-11H2,1H3,(H,20,23)(H,21,24)/t14-,15+,16+/m0/s1. The lowest BCUT2D eigenvalue weighted by Gasteiger charge is -2.31. The largest absolute Gasteiger partial charge is 0.394 e. The van der Waals surface area contributed by atoms with Gasteiger partial charge in [0.05, 0.1) is 25.2 Å². The van der Waals surface area contributed by atoms with Crippen molar-refractivity contribution < 1.29 is 24.2 Å². The van der Waals surface area contributed by atoms with Crippen molar-refractivity contribution in [1.29, 1.82) is 0 Å². The van der Waals surface area contributed by atoms with E-state index in [1.807, 2.05) is 12.1 Å². The second-order valence-electron chi connectivity index (χ2n) is 5.91. The average molecular weight is 383 g/mol. The van der Waals surface area contributed by atoms with E-state index in [2.05, 4.69) is 10.6 Å². The zero-order valence-electron chi connectivity index (χ0n) is 14.5. The van der Waals surface area contributed by atoms with E-state index in [0.717, 1.165) is 5.56 Å². The molecule has 0 fully saturated rings. The third-order valence-corrected chi connectivity index (χ3v) is 4.11. The number of rotatable bonds is 8. The molecule has 3 N–H and O–H groups in total. The number of ether oxygens (including phenoxy) is 2. The molecule has 142 valence electrons. The van der Waals surface area contributed by atoms with E-state index < -0.39 is 18.2 Å². The van der Waals surface area contributed by atoms with E-state index in [4.69, 9.17) is 21.1 Å². The van der Waals surface area contributed by atoms with Crippen LogP contribution in [-0.4, -0.2) is 55.5 Å². The molecule has 0 radical (unpaired) electrons. The molecule has 0 unspecified atom stereocenters. The first-order valence-electron chi connectivity index (χ1n) is 8.26. The van der Waals surface area contributed by atoms with Gasteiger partial charge < -0.3 is 25.2 Å². The minimum absolute atomic E-state index is 0.0704. The Morgan fingerprint density at radius 2 is 1.96 bits per heavy atom. The Morgan fingerprint density at radius 3 is 2.62 bits per heavy atom. The van der Waals surface area contributed by atoms with Gasteiger partial charge in [-0.25, -0.2) is 0 Å². The second kappa shape index (κ2) is 10.3. The summed E-state index contributed by atoms with van der Waals surface area (Å²) in [6.45, 7) is 0.0513. The van der Waals surface area contributed by atoms with Crippen molar-refractivity contribution in [3.8, 4) is 0 Å². The number of amides is 2. The maximum atomic E-state index is 12.1. The lowest BCUT2D eigenvalue weighted by Crippen LogP contribution is -2.49. The van der Waals surface area contributed by atoms with Crippen LogP contribution in [0.5, 0.6) is 0 Å². The molecular weight excluding hydrogens is 360 g/mol. The minimum Gasteiger partial charge on any atom is -0.394 e. The number of hydrogen-bond donors (Lipinski definition) is 3. The summed E-state index contributed by atoms with van der Waals surface area (Å²) in [5, 5.41) is 15.6. The van der Waals surface area contributed by atoms with Crippen molar-refractivity contribution in [2.75, 3.05) is 20.3 Å². The highest BCUT2D eigenvalue weighted by Gasteiger charge is 2.28. The molecule has 2 rings (SSSR count). The van der Waals surface area contributed by atoms with Crippen LogP contribution in [0.15, 0.2) is 36.4 Å². The van der Waals surface area contributed by atoms with E-state index in [-0.39, 0.29) is 31.4 Å². The lowest BCUT2D eigenvalue weighted by atomic mass is 10.0. The van der Waals surface area contributed by atoms with E-state index in [1.165, 1.54) is 7.11 Å². The van der Waals surface area contributed by atoms with E-state index >= 15 is 0 Å². The molecule has 8 heteroatoms. The fourth-order valence-corrected chi connectivity index (χ4v) is 2.68. The number of carbonyl (C=O) groups excluding carboxylic acids is 2. The second-order valence-corrected chi connectivity index (χ2v) is 6.35. The van der Waals surface area contributed by atoms with Crippen molar-refractivity contribution in [2.24, 2.45) is 0 Å². The van der Waals surface area contributed by atoms with Gasteiger partial charge >= 0.3 is 0 Å². The van der Waals surface area contributed by atoms with E-state index in [1.54, 1.807) is 24.3 Å². The molecule has 1 aromatic carbocycles. The van der Waals surface area contributed by atoms with Crippen LogP contribution >= 0.6 is 11.6 Å². The number of aliphatic hydroxyl groups excluding tert-OH is 1. The summed E-state index contributed by atoms with van der Waals surface area (Å²) in [6, 6.07) is 6.75. The van der Waals surface area contributed by atoms with Crippen LogP contribution in [0.1, 0.15) is 12.0 Å². The van der Waals surface area contributed by atoms with Gasteiger partial charge in [-0.15, -0.1) is 0 Å². The van der Waals surface area contributed by atoms with Crippen molar-refractivity contribution in [3.05, 3.63) is 47.0 Å². The molecule has 0 saturated heterocycles. The van der Waals surface area contributed by atoms with Crippen LogP contribution in [0.3, 0.4) is 0 Å². The third kappa shape index (κ3) is 6.42. The zero-order chi connectivity index (χ0) is 18.9. The van der Waals surface area contributed by atoms with Crippen LogP contribution in [0, 0.1) is 0 Å². The Labute approximate surface area is 157 Å². The SMILES string of the molecule is COCC(=O)N[C@@H]1C=C[C@@H](CC(=O)NCc2ccc(Cl)cc2)O[C@@H]1CO. The molecule has 1 aliphatic rings. The summed E-state index contributed by atoms with van der Waals surface area (Å²) in [6.07, 6.45) is 2.49. The number of halogens is 1. The van der Waals surface area contributed by atoms with Crippen LogP contribution in [0.2, 0.25) is 5.02 Å². The number of nitrogens with one attached hydrogen (secondary N) is 2. The maximum Gasteiger partial charge on any atom is 0.246 e. The molecular formula is C18H23ClN2O5. The first kappa shape index (κ1) is 20.4. The maximum absolute atomic E-state index is 12.1. The van der Waals surface area contributed by atoms with Gasteiger partial charge in [-0.2, -0.15) is 0 Å². The van der Waals surface area contributed by atoms with Gasteiger partial charge in [-0.3, -0.25) is 9.59 Å². The first-order chi connectivity index (χ1) is 12.5. The molecule has 0 bridgehead atoms. The lowest BCUT2D eigenvalue weighted by molar-refractivity contribution is -0.130. The Balaban J connectivity index is 1.82. The molecule has 2 amide bonds. The van der Waals surface area contributed by atoms with Crippen molar-refractivity contribution >= 4 is 23.4 Å². The molecule has 0 saturated carbocycles. The number of benzene rings is 1. The summed E-state index contributed by atoms with van der Waals surface area (Å²) < 4.78 is 10.5. The molecule has 1 aromatic rings. The summed E-state index contributed by atoms with van der Waals surface area (Å²) in [5.41, 5.74) is 0.942. The van der Waals surface area contributed by atoms with Gasteiger partial charge in [0.15, 0.2) is 0 Å². The molecule has 1 aliphatic heterocycles. The zero-order valence-corrected chi connectivity index (χ0v) is 15.2. The fraction of sp³-hybridized carbons (Fsp3) is 0.444. The van der Waals surface area contributed by atoms with Crippen LogP contribution in [0.4, 0.5) is 0 Å². The van der Waals surface area contributed by atoms with E-state index in [9.17, 15) is 14.7 Å². The van der Waals surface area contributed by atoms with Gasteiger partial charge in [-0.05, 0) is 17.7 Å². The quantitative estimate of drug-likeness (QED) is 0.578. The Morgan fingerprint density at radius 1 is 1.23 bits per heavy atom. The Bertz CT molecular complexity index is 635. The highest BCUT2D eigenvalue weighted by Crippen LogP contribution is 2.16. The Hall–Kier alpha value is -1.93. The fourth-order valence-electron chi connectivity index (χ4n) is 2.55. The number of aliphatic hydroxyl groups is 1. The molecule has 0 spiro atoms. The monoisotopic (exact) mass is 382 g/mol. The molecule has 7 nitrogen and oxygen atoms in total.